The van der Waals surface area contributed by atoms with Crippen LogP contribution in [0, 0.1) is 0 Å². The van der Waals surface area contributed by atoms with Crippen molar-refractivity contribution in [2.45, 2.75) is 0 Å². The summed E-state index contributed by atoms with van der Waals surface area (Å²) in [4.78, 5) is 0. The topological polar surface area (TPSA) is 143 Å². The molecule has 0 radical (unpaired) electrons. The van der Waals surface area contributed by atoms with Gasteiger partial charge in [-0.25, -0.2) is 8.42 Å². The lowest BCUT2D eigenvalue weighted by Crippen LogP contribution is -2.38. The standard InChI is InChI=1S/C4H9NO10S3/c6-16(7)14-18(10,11)15-17(8,9)13-5-1-3-12-4-2-5/h16H,1-4H2. The zero-order valence-corrected chi connectivity index (χ0v) is 11.1. The molecule has 1 saturated heterocycles. The van der Waals surface area contributed by atoms with Gasteiger partial charge in [0.2, 0.25) is 0 Å². The van der Waals surface area contributed by atoms with Crippen molar-refractivity contribution < 1.29 is 41.5 Å². The Hall–Kier alpha value is -0.350. The van der Waals surface area contributed by atoms with Gasteiger partial charge in [-0.3, -0.25) is 0 Å². The number of hydrogen-bond acceptors (Lipinski definition) is 11. The number of hydrogen-bond donors (Lipinski definition) is 1. The van der Waals surface area contributed by atoms with Crippen LogP contribution >= 0.6 is 0 Å². The van der Waals surface area contributed by atoms with E-state index in [9.17, 15) is 25.3 Å². The zero-order valence-electron chi connectivity index (χ0n) is 8.62. The second kappa shape index (κ2) is 6.20. The van der Waals surface area contributed by atoms with Crippen LogP contribution in [0.1, 0.15) is 0 Å². The smallest absolute Gasteiger partial charge is 0.379 e. The van der Waals surface area contributed by atoms with Crippen molar-refractivity contribution in [3.8, 4) is 0 Å². The normalized spacial score (nSPS) is 19.2. The molecule has 1 aliphatic rings. The minimum absolute atomic E-state index is 0.0688. The molecule has 1 rings (SSSR count). The highest BCUT2D eigenvalue weighted by Gasteiger charge is 2.29. The monoisotopic (exact) mass is 327 g/mol. The fourth-order valence-electron chi connectivity index (χ4n) is 0.952. The fourth-order valence-corrected chi connectivity index (χ4v) is 3.19. The van der Waals surface area contributed by atoms with Gasteiger partial charge in [0.1, 0.15) is 0 Å². The van der Waals surface area contributed by atoms with Crippen LogP contribution in [0.25, 0.3) is 0 Å². The summed E-state index contributed by atoms with van der Waals surface area (Å²) >= 11 is 0. The van der Waals surface area contributed by atoms with Gasteiger partial charge in [0.15, 0.2) is 0 Å². The second-order valence-electron chi connectivity index (χ2n) is 2.80. The van der Waals surface area contributed by atoms with E-state index in [1.165, 1.54) is 0 Å². The van der Waals surface area contributed by atoms with E-state index in [4.69, 9.17) is 4.74 Å². The number of nitrogens with zero attached hydrogens (tertiary/aromatic N) is 1. The van der Waals surface area contributed by atoms with Crippen LogP contribution in [0.4, 0.5) is 0 Å². The van der Waals surface area contributed by atoms with Crippen molar-refractivity contribution in [2.75, 3.05) is 26.3 Å². The van der Waals surface area contributed by atoms with Gasteiger partial charge in [-0.1, -0.05) is 3.63 Å². The van der Waals surface area contributed by atoms with Gasteiger partial charge in [0.25, 0.3) is 11.0 Å². The highest BCUT2D eigenvalue weighted by atomic mass is 32.3. The molecule has 1 aliphatic heterocycles. The van der Waals surface area contributed by atoms with Crippen LogP contribution in [0.15, 0.2) is 0 Å². The first-order valence-corrected chi connectivity index (χ1v) is 8.04. The summed E-state index contributed by atoms with van der Waals surface area (Å²) in [6.07, 6.45) is 0. The average molecular weight is 327 g/mol. The minimum atomic E-state index is -5.26. The lowest BCUT2D eigenvalue weighted by Gasteiger charge is -2.23. The molecular formula is C4H9NO10S3. The lowest BCUT2D eigenvalue weighted by molar-refractivity contribution is -0.118. The second-order valence-corrected chi connectivity index (χ2v) is 6.17. The molecule has 0 aliphatic carbocycles. The Bertz CT molecular complexity index is 532. The van der Waals surface area contributed by atoms with Gasteiger partial charge in [-0.15, -0.1) is 3.63 Å². The lowest BCUT2D eigenvalue weighted by atomic mass is 10.5. The molecule has 1 fully saturated rings. The predicted octanol–water partition coefficient (Wildman–Crippen LogP) is -2.70. The third-order valence-electron chi connectivity index (χ3n) is 1.49. The molecule has 0 aromatic heterocycles. The van der Waals surface area contributed by atoms with Gasteiger partial charge in [-0.05, 0) is 0 Å². The highest BCUT2D eigenvalue weighted by molar-refractivity contribution is 7.98. The average Bonchev–Trinajstić information content (AvgIpc) is 2.13. The van der Waals surface area contributed by atoms with Gasteiger partial charge in [0.05, 0.1) is 13.2 Å². The molecular weight excluding hydrogens is 318 g/mol. The molecule has 108 valence electrons. The zero-order chi connectivity index (χ0) is 13.8. The maximum absolute atomic E-state index is 11.1. The largest absolute Gasteiger partial charge is 0.432 e. The highest BCUT2D eigenvalue weighted by Crippen LogP contribution is 2.09. The molecule has 0 saturated carbocycles. The Morgan fingerprint density at radius 2 is 1.56 bits per heavy atom. The Morgan fingerprint density at radius 3 is 2.06 bits per heavy atom. The van der Waals surface area contributed by atoms with E-state index in [0.717, 1.165) is 5.06 Å². The Labute approximate surface area is 105 Å². The first kappa shape index (κ1) is 15.7. The van der Waals surface area contributed by atoms with Crippen molar-refractivity contribution in [1.82, 2.24) is 5.06 Å². The molecule has 0 amide bonds. The number of thiol groups is 1. The Balaban J connectivity index is 2.64. The van der Waals surface area contributed by atoms with E-state index in [-0.39, 0.29) is 26.3 Å². The first-order valence-electron chi connectivity index (χ1n) is 4.27. The van der Waals surface area contributed by atoms with Crippen LogP contribution in [0.2, 0.25) is 0 Å². The van der Waals surface area contributed by atoms with E-state index < -0.39 is 31.8 Å². The van der Waals surface area contributed by atoms with Gasteiger partial charge in [-0.2, -0.15) is 26.2 Å². The molecule has 14 heteroatoms. The summed E-state index contributed by atoms with van der Waals surface area (Å²) in [6, 6.07) is 0. The van der Waals surface area contributed by atoms with Gasteiger partial charge < -0.3 is 4.74 Å². The molecule has 0 aromatic carbocycles. The molecule has 0 bridgehead atoms. The van der Waals surface area contributed by atoms with Crippen molar-refractivity contribution in [3.05, 3.63) is 0 Å². The maximum Gasteiger partial charge on any atom is 0.432 e. The molecule has 0 spiro atoms. The van der Waals surface area contributed by atoms with Crippen LogP contribution in [-0.4, -0.2) is 56.6 Å². The summed E-state index contributed by atoms with van der Waals surface area (Å²) in [5.74, 6) is 0. The van der Waals surface area contributed by atoms with E-state index in [2.05, 4.69) is 11.5 Å². The maximum atomic E-state index is 11.1. The van der Waals surface area contributed by atoms with Crippen LogP contribution < -0.4 is 0 Å². The van der Waals surface area contributed by atoms with Crippen molar-refractivity contribution in [2.24, 2.45) is 0 Å². The quantitative estimate of drug-likeness (QED) is 0.509. The molecule has 0 aromatic rings. The third kappa shape index (κ3) is 6.01. The predicted molar refractivity (Wildman–Crippen MR) is 53.8 cm³/mol. The van der Waals surface area contributed by atoms with Crippen LogP contribution in [-0.2, 0) is 48.1 Å². The summed E-state index contributed by atoms with van der Waals surface area (Å²) in [5.41, 5.74) is 0. The van der Waals surface area contributed by atoms with Crippen LogP contribution in [0.3, 0.4) is 0 Å². The van der Waals surface area contributed by atoms with E-state index in [0.29, 0.717) is 0 Å². The number of morpholine rings is 1. The minimum Gasteiger partial charge on any atom is -0.379 e. The summed E-state index contributed by atoms with van der Waals surface area (Å²) in [5, 5.41) is 0.881. The molecule has 0 unspecified atom stereocenters. The molecule has 0 atom stereocenters. The third-order valence-corrected chi connectivity index (χ3v) is 4.43. The van der Waals surface area contributed by atoms with E-state index in [1.54, 1.807) is 0 Å². The van der Waals surface area contributed by atoms with Gasteiger partial charge >= 0.3 is 20.8 Å². The van der Waals surface area contributed by atoms with E-state index in [1.807, 2.05) is 0 Å². The first-order chi connectivity index (χ1) is 8.20. The Morgan fingerprint density at radius 1 is 1.00 bits per heavy atom. The summed E-state index contributed by atoms with van der Waals surface area (Å²) in [6.45, 7) is 0.509. The van der Waals surface area contributed by atoms with Crippen LogP contribution in [0.5, 0.6) is 0 Å². The summed E-state index contributed by atoms with van der Waals surface area (Å²) in [7, 11) is -14.1. The Kier molecular flexibility index (Phi) is 5.41. The number of hydroxylamine groups is 2. The fraction of sp³-hybridized carbons (Fsp3) is 1.00. The number of rotatable bonds is 6. The summed E-state index contributed by atoms with van der Waals surface area (Å²) < 4.78 is 79.6. The number of ether oxygens (including phenoxy) is 1. The molecule has 18 heavy (non-hydrogen) atoms. The van der Waals surface area contributed by atoms with Crippen molar-refractivity contribution in [3.63, 3.8) is 0 Å². The molecule has 0 N–H and O–H groups in total. The molecule has 11 nitrogen and oxygen atoms in total. The van der Waals surface area contributed by atoms with Crippen molar-refractivity contribution >= 4 is 31.8 Å². The molecule has 1 heterocycles. The SMILES string of the molecule is O=[SH](=O)OS(=O)(=O)OS(=O)(=O)ON1CCOCC1. The van der Waals surface area contributed by atoms with E-state index >= 15 is 0 Å². The van der Waals surface area contributed by atoms with Crippen molar-refractivity contribution in [1.29, 1.82) is 0 Å². The van der Waals surface area contributed by atoms with Gasteiger partial charge in [0, 0.05) is 13.1 Å².